The van der Waals surface area contributed by atoms with E-state index in [1.165, 1.54) is 0 Å². The number of aryl methyl sites for hydroxylation is 1. The highest BCUT2D eigenvalue weighted by molar-refractivity contribution is 5.78. The molecule has 1 atom stereocenters. The van der Waals surface area contributed by atoms with Gasteiger partial charge in [0.1, 0.15) is 11.5 Å². The van der Waals surface area contributed by atoms with Gasteiger partial charge in [0.25, 0.3) is 0 Å². The maximum atomic E-state index is 6.19. The Labute approximate surface area is 105 Å². The molecule has 0 fully saturated rings. The molecule has 18 heavy (non-hydrogen) atoms. The first kappa shape index (κ1) is 11.0. The monoisotopic (exact) mass is 238 g/mol. The van der Waals surface area contributed by atoms with Crippen molar-refractivity contribution in [2.75, 3.05) is 0 Å². The van der Waals surface area contributed by atoms with Crippen molar-refractivity contribution in [3.63, 3.8) is 0 Å². The lowest BCUT2D eigenvalue weighted by molar-refractivity contribution is 0.466. The Morgan fingerprint density at radius 3 is 2.78 bits per heavy atom. The second-order valence-electron chi connectivity index (χ2n) is 4.39. The quantitative estimate of drug-likeness (QED) is 0.746. The van der Waals surface area contributed by atoms with Gasteiger partial charge < -0.3 is 10.2 Å². The third kappa shape index (κ3) is 1.89. The van der Waals surface area contributed by atoms with Crippen molar-refractivity contribution >= 4 is 10.9 Å². The zero-order valence-electron chi connectivity index (χ0n) is 10.1. The van der Waals surface area contributed by atoms with Gasteiger partial charge in [0.2, 0.25) is 0 Å². The third-order valence-corrected chi connectivity index (χ3v) is 3.04. The molecule has 1 unspecified atom stereocenters. The first-order valence-electron chi connectivity index (χ1n) is 5.90. The Kier molecular flexibility index (Phi) is 2.61. The minimum absolute atomic E-state index is 0.268. The standard InChI is InChI=1S/C15H14N2O/c1-10-6-7-14(18-10)15(16)12-8-11-4-2-3-5-13(11)17-9-12/h2-9,15H,16H2,1H3. The van der Waals surface area contributed by atoms with Crippen molar-refractivity contribution in [2.24, 2.45) is 5.73 Å². The van der Waals surface area contributed by atoms with Gasteiger partial charge in [-0.05, 0) is 36.8 Å². The molecule has 0 amide bonds. The van der Waals surface area contributed by atoms with Gasteiger partial charge in [0.05, 0.1) is 11.6 Å². The summed E-state index contributed by atoms with van der Waals surface area (Å²) < 4.78 is 5.56. The molecule has 0 radical (unpaired) electrons. The number of fused-ring (bicyclic) bond motifs is 1. The third-order valence-electron chi connectivity index (χ3n) is 3.04. The van der Waals surface area contributed by atoms with Crippen molar-refractivity contribution in [3.8, 4) is 0 Å². The number of pyridine rings is 1. The van der Waals surface area contributed by atoms with Crippen LogP contribution >= 0.6 is 0 Å². The van der Waals surface area contributed by atoms with E-state index in [-0.39, 0.29) is 6.04 Å². The van der Waals surface area contributed by atoms with Crippen LogP contribution in [0, 0.1) is 6.92 Å². The van der Waals surface area contributed by atoms with E-state index >= 15 is 0 Å². The number of aromatic nitrogens is 1. The van der Waals surface area contributed by atoms with Crippen LogP contribution in [0.15, 0.2) is 53.1 Å². The highest BCUT2D eigenvalue weighted by atomic mass is 16.3. The normalized spacial score (nSPS) is 12.8. The maximum absolute atomic E-state index is 6.19. The lowest BCUT2D eigenvalue weighted by Crippen LogP contribution is -2.11. The molecule has 0 saturated carbocycles. The van der Waals surface area contributed by atoms with Crippen LogP contribution in [0.5, 0.6) is 0 Å². The van der Waals surface area contributed by atoms with E-state index in [0.29, 0.717) is 0 Å². The van der Waals surface area contributed by atoms with E-state index < -0.39 is 0 Å². The van der Waals surface area contributed by atoms with Crippen LogP contribution in [0.4, 0.5) is 0 Å². The summed E-state index contributed by atoms with van der Waals surface area (Å²) in [5.74, 6) is 1.64. The number of nitrogens with two attached hydrogens (primary N) is 1. The van der Waals surface area contributed by atoms with Crippen LogP contribution in [0.2, 0.25) is 0 Å². The van der Waals surface area contributed by atoms with E-state index in [4.69, 9.17) is 10.2 Å². The van der Waals surface area contributed by atoms with Crippen LogP contribution in [0.1, 0.15) is 23.1 Å². The van der Waals surface area contributed by atoms with Gasteiger partial charge in [-0.15, -0.1) is 0 Å². The van der Waals surface area contributed by atoms with Crippen molar-refractivity contribution in [1.82, 2.24) is 4.98 Å². The smallest absolute Gasteiger partial charge is 0.125 e. The summed E-state index contributed by atoms with van der Waals surface area (Å²) >= 11 is 0. The molecule has 3 rings (SSSR count). The molecule has 2 aromatic heterocycles. The molecule has 2 N–H and O–H groups in total. The van der Waals surface area contributed by atoms with E-state index in [1.807, 2.05) is 49.5 Å². The Balaban J connectivity index is 2.03. The van der Waals surface area contributed by atoms with Crippen molar-refractivity contribution in [2.45, 2.75) is 13.0 Å². The van der Waals surface area contributed by atoms with Gasteiger partial charge in [-0.3, -0.25) is 4.98 Å². The van der Waals surface area contributed by atoms with Crippen LogP contribution in [-0.2, 0) is 0 Å². The Bertz CT molecular complexity index is 688. The van der Waals surface area contributed by atoms with E-state index in [1.54, 1.807) is 0 Å². The maximum Gasteiger partial charge on any atom is 0.125 e. The van der Waals surface area contributed by atoms with Crippen LogP contribution in [0.3, 0.4) is 0 Å². The lowest BCUT2D eigenvalue weighted by Gasteiger charge is -2.09. The van der Waals surface area contributed by atoms with Crippen molar-refractivity contribution in [3.05, 3.63) is 65.7 Å². The van der Waals surface area contributed by atoms with Gasteiger partial charge in [-0.25, -0.2) is 0 Å². The summed E-state index contributed by atoms with van der Waals surface area (Å²) in [7, 11) is 0. The fourth-order valence-corrected chi connectivity index (χ4v) is 2.04. The fourth-order valence-electron chi connectivity index (χ4n) is 2.04. The molecule has 2 heterocycles. The molecule has 0 bridgehead atoms. The van der Waals surface area contributed by atoms with Gasteiger partial charge in [0.15, 0.2) is 0 Å². The first-order valence-corrected chi connectivity index (χ1v) is 5.90. The lowest BCUT2D eigenvalue weighted by atomic mass is 10.1. The van der Waals surface area contributed by atoms with Crippen LogP contribution in [0.25, 0.3) is 10.9 Å². The molecular weight excluding hydrogens is 224 g/mol. The number of rotatable bonds is 2. The van der Waals surface area contributed by atoms with Gasteiger partial charge in [-0.1, -0.05) is 18.2 Å². The van der Waals surface area contributed by atoms with Gasteiger partial charge >= 0.3 is 0 Å². The largest absolute Gasteiger partial charge is 0.464 e. The summed E-state index contributed by atoms with van der Waals surface area (Å²) in [5.41, 5.74) is 8.12. The number of hydrogen-bond acceptors (Lipinski definition) is 3. The average Bonchev–Trinajstić information content (AvgIpc) is 2.84. The second-order valence-corrected chi connectivity index (χ2v) is 4.39. The summed E-state index contributed by atoms with van der Waals surface area (Å²) in [6, 6.07) is 13.6. The van der Waals surface area contributed by atoms with Crippen molar-refractivity contribution in [1.29, 1.82) is 0 Å². The van der Waals surface area contributed by atoms with E-state index in [9.17, 15) is 0 Å². The average molecular weight is 238 g/mol. The highest BCUT2D eigenvalue weighted by Crippen LogP contribution is 2.23. The molecule has 1 aromatic carbocycles. The molecule has 3 heteroatoms. The summed E-state index contributed by atoms with van der Waals surface area (Å²) in [5, 5.41) is 1.09. The Morgan fingerprint density at radius 2 is 2.00 bits per heavy atom. The molecule has 0 aliphatic rings. The number of nitrogens with zero attached hydrogens (tertiary/aromatic N) is 1. The zero-order chi connectivity index (χ0) is 12.5. The van der Waals surface area contributed by atoms with Crippen molar-refractivity contribution < 1.29 is 4.42 Å². The number of benzene rings is 1. The van der Waals surface area contributed by atoms with Gasteiger partial charge in [-0.2, -0.15) is 0 Å². The molecule has 3 nitrogen and oxygen atoms in total. The topological polar surface area (TPSA) is 52.0 Å². The summed E-state index contributed by atoms with van der Waals surface area (Å²) in [4.78, 5) is 4.41. The molecule has 3 aromatic rings. The molecule has 0 saturated heterocycles. The summed E-state index contributed by atoms with van der Waals surface area (Å²) in [6.45, 7) is 1.91. The minimum Gasteiger partial charge on any atom is -0.464 e. The molecule has 90 valence electrons. The second kappa shape index (κ2) is 4.27. The highest BCUT2D eigenvalue weighted by Gasteiger charge is 2.13. The Hall–Kier alpha value is -2.13. The van der Waals surface area contributed by atoms with Gasteiger partial charge in [0, 0.05) is 11.6 Å². The fraction of sp³-hybridized carbons (Fsp3) is 0.133. The number of hydrogen-bond donors (Lipinski definition) is 1. The molecule has 0 aliphatic heterocycles. The SMILES string of the molecule is Cc1ccc(C(N)c2cnc3ccccc3c2)o1. The zero-order valence-corrected chi connectivity index (χ0v) is 10.1. The van der Waals surface area contributed by atoms with E-state index in [2.05, 4.69) is 11.1 Å². The predicted octanol–water partition coefficient (Wildman–Crippen LogP) is 3.18. The number of para-hydroxylation sites is 1. The van der Waals surface area contributed by atoms with Crippen LogP contribution < -0.4 is 5.73 Å². The number of furan rings is 1. The predicted molar refractivity (Wildman–Crippen MR) is 71.2 cm³/mol. The Morgan fingerprint density at radius 1 is 1.17 bits per heavy atom. The minimum atomic E-state index is -0.268. The molecule has 0 aliphatic carbocycles. The van der Waals surface area contributed by atoms with Crippen LogP contribution in [-0.4, -0.2) is 4.98 Å². The molecule has 0 spiro atoms. The first-order chi connectivity index (χ1) is 8.74. The molecular formula is C15H14N2O. The van der Waals surface area contributed by atoms with E-state index in [0.717, 1.165) is 28.0 Å². The summed E-state index contributed by atoms with van der Waals surface area (Å²) in [6.07, 6.45) is 1.81.